The zero-order chi connectivity index (χ0) is 9.14. The molecule has 0 saturated carbocycles. The summed E-state index contributed by atoms with van der Waals surface area (Å²) in [7, 11) is 0. The van der Waals surface area contributed by atoms with Crippen molar-refractivity contribution in [3.8, 4) is 6.07 Å². The molecule has 0 aliphatic heterocycles. The molecule has 12 heavy (non-hydrogen) atoms. The number of hydrogen-bond donors (Lipinski definition) is 2. The third kappa shape index (κ3) is 1.62. The Morgan fingerprint density at radius 1 is 1.33 bits per heavy atom. The van der Waals surface area contributed by atoms with Crippen molar-refractivity contribution in [1.29, 1.82) is 5.26 Å². The van der Waals surface area contributed by atoms with Crippen LogP contribution in [0.5, 0.6) is 0 Å². The number of nitriles is 1. The average molecular weight is 202 g/mol. The molecule has 0 radical (unpaired) electrons. The lowest BCUT2D eigenvalue weighted by molar-refractivity contribution is 1.35. The lowest BCUT2D eigenvalue weighted by Gasteiger charge is -2.03. The number of nitrogens with one attached hydrogen (secondary N) is 1. The number of hydrazine groups is 1. The lowest BCUT2D eigenvalue weighted by atomic mass is 10.2. The molecule has 3 N–H and O–H groups in total. The molecule has 5 heteroatoms. The molecule has 0 aliphatic carbocycles. The van der Waals surface area contributed by atoms with E-state index in [1.807, 2.05) is 6.07 Å². The molecule has 0 fully saturated rings. The van der Waals surface area contributed by atoms with Gasteiger partial charge in [0.1, 0.15) is 6.07 Å². The molecule has 62 valence electrons. The van der Waals surface area contributed by atoms with Crippen LogP contribution in [0.25, 0.3) is 0 Å². The van der Waals surface area contributed by atoms with Crippen LogP contribution in [-0.4, -0.2) is 0 Å². The summed E-state index contributed by atoms with van der Waals surface area (Å²) in [5, 5.41) is 9.26. The second-order valence-corrected chi connectivity index (χ2v) is 2.88. The molecule has 0 aromatic heterocycles. The van der Waals surface area contributed by atoms with Crippen molar-refractivity contribution < 1.29 is 0 Å². The number of nitrogens with zero attached hydrogens (tertiary/aromatic N) is 1. The Morgan fingerprint density at radius 2 is 2.00 bits per heavy atom. The van der Waals surface area contributed by atoms with Gasteiger partial charge in [-0.1, -0.05) is 23.2 Å². The summed E-state index contributed by atoms with van der Waals surface area (Å²) in [6.45, 7) is 0. The molecule has 0 heterocycles. The summed E-state index contributed by atoms with van der Waals surface area (Å²) in [5.74, 6) is 5.14. The highest BCUT2D eigenvalue weighted by molar-refractivity contribution is 6.36. The number of nitrogen functional groups attached to an aromatic ring is 1. The monoisotopic (exact) mass is 201 g/mol. The molecule has 0 saturated heterocycles. The number of hydrogen-bond acceptors (Lipinski definition) is 3. The lowest BCUT2D eigenvalue weighted by Crippen LogP contribution is -2.07. The van der Waals surface area contributed by atoms with Crippen LogP contribution in [0.1, 0.15) is 5.56 Å². The quantitative estimate of drug-likeness (QED) is 0.541. The van der Waals surface area contributed by atoms with Gasteiger partial charge in [0, 0.05) is 0 Å². The third-order valence-corrected chi connectivity index (χ3v) is 1.96. The van der Waals surface area contributed by atoms with E-state index >= 15 is 0 Å². The van der Waals surface area contributed by atoms with Crippen LogP contribution in [0.2, 0.25) is 10.0 Å². The fraction of sp³-hybridized carbons (Fsp3) is 0. The maximum absolute atomic E-state index is 8.56. The van der Waals surface area contributed by atoms with Crippen molar-refractivity contribution in [2.75, 3.05) is 5.43 Å². The van der Waals surface area contributed by atoms with E-state index in [9.17, 15) is 0 Å². The molecule has 1 rings (SSSR count). The van der Waals surface area contributed by atoms with E-state index < -0.39 is 0 Å². The van der Waals surface area contributed by atoms with Gasteiger partial charge in [-0.15, -0.1) is 0 Å². The first-order valence-electron chi connectivity index (χ1n) is 3.04. The van der Waals surface area contributed by atoms with E-state index in [-0.39, 0.29) is 0 Å². The van der Waals surface area contributed by atoms with Gasteiger partial charge in [0.2, 0.25) is 0 Å². The first-order chi connectivity index (χ1) is 5.69. The largest absolute Gasteiger partial charge is 0.323 e. The van der Waals surface area contributed by atoms with Crippen LogP contribution in [0.15, 0.2) is 12.1 Å². The van der Waals surface area contributed by atoms with Crippen LogP contribution >= 0.6 is 23.2 Å². The molecule has 0 amide bonds. The predicted molar refractivity (Wildman–Crippen MR) is 49.0 cm³/mol. The first-order valence-corrected chi connectivity index (χ1v) is 3.80. The minimum absolute atomic E-state index is 0.329. The number of anilines is 1. The normalized spacial score (nSPS) is 9.17. The fourth-order valence-electron chi connectivity index (χ4n) is 0.743. The Bertz CT molecular complexity index is 342. The van der Waals surface area contributed by atoms with E-state index in [1.165, 1.54) is 12.1 Å². The maximum Gasteiger partial charge on any atom is 0.101 e. The van der Waals surface area contributed by atoms with Gasteiger partial charge in [-0.2, -0.15) is 5.26 Å². The van der Waals surface area contributed by atoms with Crippen molar-refractivity contribution >= 4 is 28.9 Å². The second kappa shape index (κ2) is 3.63. The highest BCUT2D eigenvalue weighted by Crippen LogP contribution is 2.27. The molecule has 0 spiro atoms. The van der Waals surface area contributed by atoms with Gasteiger partial charge in [0.15, 0.2) is 0 Å². The molecule has 0 bridgehead atoms. The topological polar surface area (TPSA) is 61.8 Å². The Balaban J connectivity index is 3.28. The zero-order valence-electron chi connectivity index (χ0n) is 5.94. The highest BCUT2D eigenvalue weighted by atomic mass is 35.5. The van der Waals surface area contributed by atoms with Gasteiger partial charge in [-0.3, -0.25) is 5.84 Å². The maximum atomic E-state index is 8.56. The van der Waals surface area contributed by atoms with Gasteiger partial charge < -0.3 is 5.43 Å². The van der Waals surface area contributed by atoms with E-state index in [0.717, 1.165) is 0 Å². The molecule has 1 aromatic rings. The molecule has 0 atom stereocenters. The first kappa shape index (κ1) is 9.14. The van der Waals surface area contributed by atoms with E-state index in [4.69, 9.17) is 34.3 Å². The Morgan fingerprint density at radius 3 is 2.50 bits per heavy atom. The molecule has 0 unspecified atom stereocenters. The van der Waals surface area contributed by atoms with E-state index in [2.05, 4.69) is 5.43 Å². The zero-order valence-corrected chi connectivity index (χ0v) is 7.45. The van der Waals surface area contributed by atoms with Gasteiger partial charge in [-0.25, -0.2) is 0 Å². The minimum Gasteiger partial charge on any atom is -0.323 e. The van der Waals surface area contributed by atoms with Crippen molar-refractivity contribution in [1.82, 2.24) is 0 Å². The average Bonchev–Trinajstić information content (AvgIpc) is 2.08. The number of halogens is 2. The highest BCUT2D eigenvalue weighted by Gasteiger charge is 2.04. The second-order valence-electron chi connectivity index (χ2n) is 2.07. The standard InChI is InChI=1S/C7H5Cl2N3/c8-5-2-7(12-11)6(9)1-4(5)3-10/h1-2,12H,11H2. The van der Waals surface area contributed by atoms with E-state index in [1.54, 1.807) is 0 Å². The molecule has 3 nitrogen and oxygen atoms in total. The van der Waals surface area contributed by atoms with Gasteiger partial charge in [0.25, 0.3) is 0 Å². The molecule has 0 aliphatic rings. The smallest absolute Gasteiger partial charge is 0.101 e. The van der Waals surface area contributed by atoms with Crippen molar-refractivity contribution in [2.24, 2.45) is 5.84 Å². The molecule has 1 aromatic carbocycles. The Kier molecular flexibility index (Phi) is 2.77. The summed E-state index contributed by atoms with van der Waals surface area (Å²) in [5.41, 5.74) is 3.20. The van der Waals surface area contributed by atoms with Gasteiger partial charge >= 0.3 is 0 Å². The summed E-state index contributed by atoms with van der Waals surface area (Å²) < 4.78 is 0. The van der Waals surface area contributed by atoms with Gasteiger partial charge in [0.05, 0.1) is 21.3 Å². The number of rotatable bonds is 1. The fourth-order valence-corrected chi connectivity index (χ4v) is 1.17. The Hall–Kier alpha value is -0.950. The molecular weight excluding hydrogens is 197 g/mol. The van der Waals surface area contributed by atoms with Crippen LogP contribution in [0.4, 0.5) is 5.69 Å². The van der Waals surface area contributed by atoms with Crippen molar-refractivity contribution in [2.45, 2.75) is 0 Å². The molecular formula is C7H5Cl2N3. The number of nitrogens with two attached hydrogens (primary N) is 1. The number of benzene rings is 1. The van der Waals surface area contributed by atoms with Crippen molar-refractivity contribution in [3.05, 3.63) is 27.7 Å². The summed E-state index contributed by atoms with van der Waals surface area (Å²) in [6.07, 6.45) is 0. The van der Waals surface area contributed by atoms with Crippen molar-refractivity contribution in [3.63, 3.8) is 0 Å². The SMILES string of the molecule is N#Cc1cc(Cl)c(NN)cc1Cl. The minimum atomic E-state index is 0.329. The van der Waals surface area contributed by atoms with E-state index in [0.29, 0.717) is 21.3 Å². The summed E-state index contributed by atoms with van der Waals surface area (Å²) in [6, 6.07) is 4.86. The van der Waals surface area contributed by atoms with Crippen LogP contribution in [-0.2, 0) is 0 Å². The summed E-state index contributed by atoms with van der Waals surface area (Å²) >= 11 is 11.4. The van der Waals surface area contributed by atoms with Crippen LogP contribution in [0.3, 0.4) is 0 Å². The van der Waals surface area contributed by atoms with Gasteiger partial charge in [-0.05, 0) is 12.1 Å². The third-order valence-electron chi connectivity index (χ3n) is 1.33. The summed E-state index contributed by atoms with van der Waals surface area (Å²) in [4.78, 5) is 0. The van der Waals surface area contributed by atoms with Crippen LogP contribution in [0, 0.1) is 11.3 Å². The van der Waals surface area contributed by atoms with Crippen LogP contribution < -0.4 is 11.3 Å². The Labute approximate surface area is 79.7 Å². The predicted octanol–water partition coefficient (Wildman–Crippen LogP) is 2.15.